The summed E-state index contributed by atoms with van der Waals surface area (Å²) in [5.74, 6) is 2.36. The van der Waals surface area contributed by atoms with Gasteiger partial charge < -0.3 is 9.15 Å². The molecular formula is C16H20ClNO2S. The molecule has 2 heterocycles. The minimum atomic E-state index is -0.104. The van der Waals surface area contributed by atoms with Crippen molar-refractivity contribution in [2.75, 3.05) is 19.0 Å². The highest BCUT2D eigenvalue weighted by Crippen LogP contribution is 2.38. The summed E-state index contributed by atoms with van der Waals surface area (Å²) in [6.45, 7) is 8.02. The third kappa shape index (κ3) is 3.22. The molecule has 0 amide bonds. The quantitative estimate of drug-likeness (QED) is 0.751. The number of hydrogen-bond donors (Lipinski definition) is 0. The van der Waals surface area contributed by atoms with Crippen LogP contribution in [0.3, 0.4) is 0 Å². The first kappa shape index (κ1) is 15.2. The summed E-state index contributed by atoms with van der Waals surface area (Å²) >= 11 is 8.12. The summed E-state index contributed by atoms with van der Waals surface area (Å²) in [4.78, 5) is 5.61. The summed E-state index contributed by atoms with van der Waals surface area (Å²) in [7, 11) is 0. The molecule has 2 aromatic rings. The van der Waals surface area contributed by atoms with Gasteiger partial charge in [-0.05, 0) is 24.5 Å². The van der Waals surface area contributed by atoms with Crippen molar-refractivity contribution in [3.8, 4) is 0 Å². The molecule has 1 aromatic carbocycles. The second-order valence-electron chi connectivity index (χ2n) is 6.53. The molecule has 1 atom stereocenters. The number of benzene rings is 1. The Morgan fingerprint density at radius 3 is 2.86 bits per heavy atom. The predicted octanol–water partition coefficient (Wildman–Crippen LogP) is 4.91. The summed E-state index contributed by atoms with van der Waals surface area (Å²) < 4.78 is 11.4. The van der Waals surface area contributed by atoms with Gasteiger partial charge in [-0.15, -0.1) is 11.8 Å². The van der Waals surface area contributed by atoms with E-state index in [0.29, 0.717) is 5.92 Å². The lowest BCUT2D eigenvalue weighted by atomic mass is 9.97. The van der Waals surface area contributed by atoms with E-state index >= 15 is 0 Å². The number of hydrogen-bond acceptors (Lipinski definition) is 4. The van der Waals surface area contributed by atoms with Crippen molar-refractivity contribution in [1.29, 1.82) is 0 Å². The van der Waals surface area contributed by atoms with Gasteiger partial charge in [-0.2, -0.15) is 0 Å². The molecule has 0 N–H and O–H groups in total. The zero-order chi connectivity index (χ0) is 15.0. The van der Waals surface area contributed by atoms with Gasteiger partial charge in [-0.1, -0.05) is 32.4 Å². The molecule has 1 saturated heterocycles. The largest absolute Gasteiger partial charge is 0.439 e. The maximum atomic E-state index is 6.37. The molecule has 1 aliphatic rings. The number of oxazole rings is 1. The van der Waals surface area contributed by atoms with Crippen LogP contribution in [0.25, 0.3) is 11.1 Å². The fourth-order valence-electron chi connectivity index (χ4n) is 2.32. The Morgan fingerprint density at radius 1 is 1.38 bits per heavy atom. The molecule has 1 aliphatic heterocycles. The molecule has 3 nitrogen and oxygen atoms in total. The SMILES string of the molecule is CC(C)(C)c1nc2ccc(Cl)c(SCC3CCOC3)c2o1. The van der Waals surface area contributed by atoms with E-state index in [0.717, 1.165) is 52.3 Å². The van der Waals surface area contributed by atoms with Gasteiger partial charge in [0.15, 0.2) is 5.58 Å². The van der Waals surface area contributed by atoms with Crippen molar-refractivity contribution in [2.45, 2.75) is 37.5 Å². The average molecular weight is 326 g/mol. The van der Waals surface area contributed by atoms with Gasteiger partial charge >= 0.3 is 0 Å². The highest BCUT2D eigenvalue weighted by atomic mass is 35.5. The molecule has 0 aliphatic carbocycles. The van der Waals surface area contributed by atoms with Crippen LogP contribution in [0.15, 0.2) is 21.4 Å². The van der Waals surface area contributed by atoms with Crippen molar-refractivity contribution < 1.29 is 9.15 Å². The van der Waals surface area contributed by atoms with Crippen LogP contribution in [-0.2, 0) is 10.2 Å². The zero-order valence-electron chi connectivity index (χ0n) is 12.6. The molecular weight excluding hydrogens is 306 g/mol. The fraction of sp³-hybridized carbons (Fsp3) is 0.562. The van der Waals surface area contributed by atoms with Gasteiger partial charge in [0.05, 0.1) is 16.5 Å². The lowest BCUT2D eigenvalue weighted by Crippen LogP contribution is -2.10. The monoisotopic (exact) mass is 325 g/mol. The van der Waals surface area contributed by atoms with Gasteiger partial charge in [-0.3, -0.25) is 0 Å². The second kappa shape index (κ2) is 5.82. The van der Waals surface area contributed by atoms with E-state index < -0.39 is 0 Å². The standard InChI is InChI=1S/C16H20ClNO2S/c1-16(2,3)15-18-12-5-4-11(17)14(13(12)20-15)21-9-10-6-7-19-8-10/h4-5,10H,6-9H2,1-3H3. The molecule has 1 unspecified atom stereocenters. The predicted molar refractivity (Wildman–Crippen MR) is 87.4 cm³/mol. The van der Waals surface area contributed by atoms with Crippen LogP contribution in [-0.4, -0.2) is 24.0 Å². The average Bonchev–Trinajstić information content (AvgIpc) is 3.05. The number of aromatic nitrogens is 1. The van der Waals surface area contributed by atoms with E-state index in [-0.39, 0.29) is 5.41 Å². The van der Waals surface area contributed by atoms with E-state index in [1.165, 1.54) is 0 Å². The van der Waals surface area contributed by atoms with Gasteiger partial charge in [0, 0.05) is 17.8 Å². The van der Waals surface area contributed by atoms with Crippen molar-refractivity contribution in [2.24, 2.45) is 5.92 Å². The second-order valence-corrected chi connectivity index (χ2v) is 7.97. The van der Waals surface area contributed by atoms with E-state index in [1.54, 1.807) is 11.8 Å². The first-order chi connectivity index (χ1) is 9.95. The zero-order valence-corrected chi connectivity index (χ0v) is 14.2. The van der Waals surface area contributed by atoms with Gasteiger partial charge in [0.1, 0.15) is 5.52 Å². The lowest BCUT2D eigenvalue weighted by molar-refractivity contribution is 0.189. The Kier molecular flexibility index (Phi) is 4.21. The van der Waals surface area contributed by atoms with Crippen LogP contribution in [0.5, 0.6) is 0 Å². The Bertz CT molecular complexity index is 641. The van der Waals surface area contributed by atoms with Crippen molar-refractivity contribution >= 4 is 34.5 Å². The fourth-order valence-corrected chi connectivity index (χ4v) is 3.78. The molecule has 1 aromatic heterocycles. The summed E-state index contributed by atoms with van der Waals surface area (Å²) in [5, 5.41) is 0.739. The smallest absolute Gasteiger partial charge is 0.200 e. The van der Waals surface area contributed by atoms with Gasteiger partial charge in [0.2, 0.25) is 5.89 Å². The van der Waals surface area contributed by atoms with E-state index in [1.807, 2.05) is 12.1 Å². The van der Waals surface area contributed by atoms with Gasteiger partial charge in [-0.25, -0.2) is 4.98 Å². The number of ether oxygens (including phenoxy) is 1. The highest BCUT2D eigenvalue weighted by molar-refractivity contribution is 7.99. The minimum Gasteiger partial charge on any atom is -0.439 e. The Labute approximate surface area is 134 Å². The number of nitrogens with zero attached hydrogens (tertiary/aromatic N) is 1. The van der Waals surface area contributed by atoms with E-state index in [4.69, 9.17) is 20.8 Å². The first-order valence-corrected chi connectivity index (χ1v) is 8.61. The van der Waals surface area contributed by atoms with E-state index in [9.17, 15) is 0 Å². The molecule has 0 radical (unpaired) electrons. The van der Waals surface area contributed by atoms with Crippen LogP contribution in [0.4, 0.5) is 0 Å². The Balaban J connectivity index is 1.91. The summed E-state index contributed by atoms with van der Waals surface area (Å²) in [5.41, 5.74) is 1.60. The highest BCUT2D eigenvalue weighted by Gasteiger charge is 2.24. The van der Waals surface area contributed by atoms with E-state index in [2.05, 4.69) is 25.8 Å². The van der Waals surface area contributed by atoms with Crippen LogP contribution < -0.4 is 0 Å². The molecule has 1 fully saturated rings. The summed E-state index contributed by atoms with van der Waals surface area (Å²) in [6.07, 6.45) is 1.13. The maximum Gasteiger partial charge on any atom is 0.200 e. The topological polar surface area (TPSA) is 35.3 Å². The number of rotatable bonds is 3. The van der Waals surface area contributed by atoms with Crippen molar-refractivity contribution in [3.05, 3.63) is 23.0 Å². The molecule has 0 bridgehead atoms. The molecule has 5 heteroatoms. The van der Waals surface area contributed by atoms with Crippen LogP contribution in [0, 0.1) is 5.92 Å². The number of thioether (sulfide) groups is 1. The maximum absolute atomic E-state index is 6.37. The van der Waals surface area contributed by atoms with Gasteiger partial charge in [0.25, 0.3) is 0 Å². The lowest BCUT2D eigenvalue weighted by Gasteiger charge is -2.12. The number of halogens is 1. The molecule has 21 heavy (non-hydrogen) atoms. The normalized spacial score (nSPS) is 19.5. The molecule has 0 saturated carbocycles. The molecule has 3 rings (SSSR count). The van der Waals surface area contributed by atoms with Crippen LogP contribution in [0.1, 0.15) is 33.1 Å². The Hall–Kier alpha value is -0.710. The van der Waals surface area contributed by atoms with Crippen molar-refractivity contribution in [3.63, 3.8) is 0 Å². The van der Waals surface area contributed by atoms with Crippen LogP contribution >= 0.6 is 23.4 Å². The first-order valence-electron chi connectivity index (χ1n) is 7.25. The third-order valence-electron chi connectivity index (χ3n) is 3.59. The van der Waals surface area contributed by atoms with Crippen LogP contribution in [0.2, 0.25) is 5.02 Å². The molecule has 114 valence electrons. The minimum absolute atomic E-state index is 0.104. The van der Waals surface area contributed by atoms with Crippen molar-refractivity contribution in [1.82, 2.24) is 4.98 Å². The molecule has 0 spiro atoms. The summed E-state index contributed by atoms with van der Waals surface area (Å²) in [6, 6.07) is 3.84. The Morgan fingerprint density at radius 2 is 2.19 bits per heavy atom. The number of fused-ring (bicyclic) bond motifs is 1. The third-order valence-corrected chi connectivity index (χ3v) is 5.35.